The first kappa shape index (κ1) is 9.83. The van der Waals surface area contributed by atoms with Crippen molar-refractivity contribution in [2.45, 2.75) is 19.8 Å². The zero-order chi connectivity index (χ0) is 10.7. The van der Waals surface area contributed by atoms with Crippen LogP contribution < -0.4 is 10.5 Å². The molecule has 0 aliphatic heterocycles. The number of nitrogen functional groups attached to an aromatic ring is 1. The standard InChI is InChI=1S/C11H15N3O/c1-2-3-6-15-11-13-9-5-4-8(12)7-10(9)14-11/h4-5,7H,2-3,6,12H2,1H3,(H,13,14). The first-order valence-electron chi connectivity index (χ1n) is 5.17. The molecule has 0 saturated heterocycles. The molecule has 0 saturated carbocycles. The fraction of sp³-hybridized carbons (Fsp3) is 0.364. The monoisotopic (exact) mass is 205 g/mol. The molecule has 0 unspecified atom stereocenters. The molecule has 2 rings (SSSR count). The second-order valence-corrected chi connectivity index (χ2v) is 3.52. The number of fused-ring (bicyclic) bond motifs is 1. The minimum absolute atomic E-state index is 0.573. The Balaban J connectivity index is 2.16. The summed E-state index contributed by atoms with van der Waals surface area (Å²) in [4.78, 5) is 7.37. The number of aromatic nitrogens is 2. The van der Waals surface area contributed by atoms with Crippen molar-refractivity contribution in [2.24, 2.45) is 0 Å². The molecule has 1 aromatic carbocycles. The van der Waals surface area contributed by atoms with Crippen LogP contribution in [0, 0.1) is 0 Å². The Bertz CT molecular complexity index is 450. The molecule has 4 heteroatoms. The third-order valence-electron chi connectivity index (χ3n) is 2.22. The maximum absolute atomic E-state index is 5.67. The number of rotatable bonds is 4. The van der Waals surface area contributed by atoms with Gasteiger partial charge in [-0.05, 0) is 24.6 Å². The number of nitrogens with two attached hydrogens (primary N) is 1. The molecule has 3 N–H and O–H groups in total. The SMILES string of the molecule is CCCCOc1nc2ccc(N)cc2[nH]1. The molecular weight excluding hydrogens is 190 g/mol. The number of ether oxygens (including phenoxy) is 1. The molecule has 0 aliphatic rings. The van der Waals surface area contributed by atoms with Gasteiger partial charge in [0.1, 0.15) is 0 Å². The van der Waals surface area contributed by atoms with Gasteiger partial charge in [0.25, 0.3) is 6.01 Å². The van der Waals surface area contributed by atoms with E-state index in [1.807, 2.05) is 18.2 Å². The van der Waals surface area contributed by atoms with Crippen LogP contribution in [-0.4, -0.2) is 16.6 Å². The van der Waals surface area contributed by atoms with Crippen LogP contribution in [0.25, 0.3) is 11.0 Å². The van der Waals surface area contributed by atoms with Crippen LogP contribution in [0.15, 0.2) is 18.2 Å². The van der Waals surface area contributed by atoms with Crippen molar-refractivity contribution in [1.82, 2.24) is 9.97 Å². The molecule has 0 spiro atoms. The van der Waals surface area contributed by atoms with E-state index in [2.05, 4.69) is 16.9 Å². The summed E-state index contributed by atoms with van der Waals surface area (Å²) in [5, 5.41) is 0. The van der Waals surface area contributed by atoms with E-state index in [0.717, 1.165) is 29.6 Å². The van der Waals surface area contributed by atoms with Gasteiger partial charge in [0.15, 0.2) is 0 Å². The molecule has 0 radical (unpaired) electrons. The molecule has 0 aliphatic carbocycles. The average molecular weight is 205 g/mol. The predicted molar refractivity (Wildman–Crippen MR) is 60.9 cm³/mol. The molecule has 0 atom stereocenters. The van der Waals surface area contributed by atoms with Crippen LogP contribution in [-0.2, 0) is 0 Å². The summed E-state index contributed by atoms with van der Waals surface area (Å²) in [6, 6.07) is 6.14. The van der Waals surface area contributed by atoms with Crippen LogP contribution in [0.1, 0.15) is 19.8 Å². The van der Waals surface area contributed by atoms with Gasteiger partial charge in [-0.2, -0.15) is 4.98 Å². The lowest BCUT2D eigenvalue weighted by atomic mass is 10.3. The van der Waals surface area contributed by atoms with Gasteiger partial charge in [-0.1, -0.05) is 13.3 Å². The largest absolute Gasteiger partial charge is 0.465 e. The maximum Gasteiger partial charge on any atom is 0.294 e. The first-order valence-corrected chi connectivity index (χ1v) is 5.17. The maximum atomic E-state index is 5.67. The number of imidazole rings is 1. The summed E-state index contributed by atoms with van der Waals surface area (Å²) in [5.74, 6) is 0. The molecule has 15 heavy (non-hydrogen) atoms. The summed E-state index contributed by atoms with van der Waals surface area (Å²) in [7, 11) is 0. The number of nitrogens with zero attached hydrogens (tertiary/aromatic N) is 1. The molecule has 0 fully saturated rings. The van der Waals surface area contributed by atoms with E-state index in [4.69, 9.17) is 10.5 Å². The van der Waals surface area contributed by atoms with Crippen molar-refractivity contribution in [3.63, 3.8) is 0 Å². The third-order valence-corrected chi connectivity index (χ3v) is 2.22. The molecule has 1 heterocycles. The minimum Gasteiger partial charge on any atom is -0.465 e. The molecule has 4 nitrogen and oxygen atoms in total. The lowest BCUT2D eigenvalue weighted by Crippen LogP contribution is -1.97. The van der Waals surface area contributed by atoms with E-state index < -0.39 is 0 Å². The normalized spacial score (nSPS) is 10.7. The smallest absolute Gasteiger partial charge is 0.294 e. The van der Waals surface area contributed by atoms with Crippen molar-refractivity contribution in [2.75, 3.05) is 12.3 Å². The Morgan fingerprint density at radius 3 is 3.13 bits per heavy atom. The summed E-state index contributed by atoms with van der Waals surface area (Å²) in [6.07, 6.45) is 2.16. The van der Waals surface area contributed by atoms with Gasteiger partial charge in [0.05, 0.1) is 17.6 Å². The summed E-state index contributed by atoms with van der Waals surface area (Å²) in [5.41, 5.74) is 8.20. The summed E-state index contributed by atoms with van der Waals surface area (Å²) < 4.78 is 5.46. The number of anilines is 1. The second-order valence-electron chi connectivity index (χ2n) is 3.52. The molecule has 2 aromatic rings. The van der Waals surface area contributed by atoms with Crippen molar-refractivity contribution in [3.05, 3.63) is 18.2 Å². The van der Waals surface area contributed by atoms with Gasteiger partial charge in [0, 0.05) is 5.69 Å². The van der Waals surface area contributed by atoms with Gasteiger partial charge in [0.2, 0.25) is 0 Å². The van der Waals surface area contributed by atoms with E-state index in [0.29, 0.717) is 12.6 Å². The van der Waals surface area contributed by atoms with Gasteiger partial charge in [-0.3, -0.25) is 0 Å². The Morgan fingerprint density at radius 2 is 2.33 bits per heavy atom. The number of hydrogen-bond acceptors (Lipinski definition) is 3. The van der Waals surface area contributed by atoms with E-state index in [-0.39, 0.29) is 0 Å². The number of H-pyrrole nitrogens is 1. The Morgan fingerprint density at radius 1 is 1.47 bits per heavy atom. The zero-order valence-corrected chi connectivity index (χ0v) is 8.79. The zero-order valence-electron chi connectivity index (χ0n) is 8.79. The number of hydrogen-bond donors (Lipinski definition) is 2. The van der Waals surface area contributed by atoms with E-state index >= 15 is 0 Å². The number of benzene rings is 1. The second kappa shape index (κ2) is 4.21. The van der Waals surface area contributed by atoms with Crippen LogP contribution in [0.2, 0.25) is 0 Å². The van der Waals surface area contributed by atoms with Crippen molar-refractivity contribution in [3.8, 4) is 6.01 Å². The van der Waals surface area contributed by atoms with E-state index in [9.17, 15) is 0 Å². The van der Waals surface area contributed by atoms with Gasteiger partial charge < -0.3 is 15.5 Å². The number of unbranched alkanes of at least 4 members (excludes halogenated alkanes) is 1. The van der Waals surface area contributed by atoms with Crippen molar-refractivity contribution in [1.29, 1.82) is 0 Å². The van der Waals surface area contributed by atoms with Crippen LogP contribution in [0.4, 0.5) is 5.69 Å². The van der Waals surface area contributed by atoms with Crippen LogP contribution >= 0.6 is 0 Å². The lowest BCUT2D eigenvalue weighted by Gasteiger charge is -1.98. The highest BCUT2D eigenvalue weighted by atomic mass is 16.5. The number of aromatic amines is 1. The fourth-order valence-electron chi connectivity index (χ4n) is 1.39. The quantitative estimate of drug-likeness (QED) is 0.594. The summed E-state index contributed by atoms with van der Waals surface area (Å²) >= 11 is 0. The Kier molecular flexibility index (Phi) is 2.76. The molecule has 0 amide bonds. The molecular formula is C11H15N3O. The van der Waals surface area contributed by atoms with Gasteiger partial charge in [-0.25, -0.2) is 0 Å². The summed E-state index contributed by atoms with van der Waals surface area (Å²) in [6.45, 7) is 2.83. The highest BCUT2D eigenvalue weighted by Crippen LogP contribution is 2.18. The van der Waals surface area contributed by atoms with Gasteiger partial charge >= 0.3 is 0 Å². The Hall–Kier alpha value is -1.71. The molecule has 1 aromatic heterocycles. The Labute approximate surface area is 88.5 Å². The predicted octanol–water partition coefficient (Wildman–Crippen LogP) is 2.32. The topological polar surface area (TPSA) is 63.9 Å². The lowest BCUT2D eigenvalue weighted by molar-refractivity contribution is 0.289. The minimum atomic E-state index is 0.573. The first-order chi connectivity index (χ1) is 7.29. The average Bonchev–Trinajstić information content (AvgIpc) is 2.60. The van der Waals surface area contributed by atoms with Crippen LogP contribution in [0.3, 0.4) is 0 Å². The van der Waals surface area contributed by atoms with Gasteiger partial charge in [-0.15, -0.1) is 0 Å². The van der Waals surface area contributed by atoms with Crippen molar-refractivity contribution < 1.29 is 4.74 Å². The van der Waals surface area contributed by atoms with E-state index in [1.165, 1.54) is 0 Å². The fourth-order valence-corrected chi connectivity index (χ4v) is 1.39. The highest BCUT2D eigenvalue weighted by Gasteiger charge is 2.02. The number of nitrogens with one attached hydrogen (secondary N) is 1. The van der Waals surface area contributed by atoms with Crippen LogP contribution in [0.5, 0.6) is 6.01 Å². The molecule has 80 valence electrons. The third kappa shape index (κ3) is 2.21. The van der Waals surface area contributed by atoms with Crippen molar-refractivity contribution >= 4 is 16.7 Å². The van der Waals surface area contributed by atoms with E-state index in [1.54, 1.807) is 0 Å². The molecule has 0 bridgehead atoms. The highest BCUT2D eigenvalue weighted by molar-refractivity contribution is 5.79.